The Balaban J connectivity index is 1.32. The van der Waals surface area contributed by atoms with Crippen molar-refractivity contribution in [1.29, 1.82) is 0 Å². The second-order valence-corrected chi connectivity index (χ2v) is 8.34. The van der Waals surface area contributed by atoms with Crippen LogP contribution in [0.25, 0.3) is 10.2 Å². The SMILES string of the molecule is O=C(CSc1nc2ccccc2s1)N[C@@H]1C[C@H]2CC[C@H]1C2. The quantitative estimate of drug-likeness (QED) is 0.874. The van der Waals surface area contributed by atoms with E-state index in [-0.39, 0.29) is 5.91 Å². The maximum absolute atomic E-state index is 12.1. The first kappa shape index (κ1) is 13.6. The van der Waals surface area contributed by atoms with Crippen LogP contribution in [-0.4, -0.2) is 22.7 Å². The first-order chi connectivity index (χ1) is 10.3. The van der Waals surface area contributed by atoms with Gasteiger partial charge in [-0.25, -0.2) is 4.98 Å². The Bertz CT molecular complexity index is 636. The van der Waals surface area contributed by atoms with Crippen molar-refractivity contribution in [3.63, 3.8) is 0 Å². The van der Waals surface area contributed by atoms with E-state index in [1.807, 2.05) is 18.2 Å². The Labute approximate surface area is 132 Å². The number of rotatable bonds is 4. The van der Waals surface area contributed by atoms with Gasteiger partial charge in [0.05, 0.1) is 16.0 Å². The van der Waals surface area contributed by atoms with Gasteiger partial charge in [0, 0.05) is 6.04 Å². The van der Waals surface area contributed by atoms with Crippen LogP contribution in [0.4, 0.5) is 0 Å². The Hall–Kier alpha value is -1.07. The molecule has 2 aliphatic carbocycles. The van der Waals surface area contributed by atoms with Crippen molar-refractivity contribution in [3.05, 3.63) is 24.3 Å². The van der Waals surface area contributed by atoms with Crippen molar-refractivity contribution in [2.24, 2.45) is 11.8 Å². The number of nitrogens with one attached hydrogen (secondary N) is 1. The molecule has 2 saturated carbocycles. The van der Waals surface area contributed by atoms with Gasteiger partial charge in [-0.05, 0) is 43.2 Å². The van der Waals surface area contributed by atoms with E-state index in [0.717, 1.165) is 21.7 Å². The molecule has 1 aromatic heterocycles. The second kappa shape index (κ2) is 5.61. The van der Waals surface area contributed by atoms with Gasteiger partial charge in [0.1, 0.15) is 0 Å². The number of hydrogen-bond donors (Lipinski definition) is 1. The van der Waals surface area contributed by atoms with Crippen molar-refractivity contribution in [1.82, 2.24) is 10.3 Å². The molecule has 0 aliphatic heterocycles. The summed E-state index contributed by atoms with van der Waals surface area (Å²) in [6.07, 6.45) is 5.20. The summed E-state index contributed by atoms with van der Waals surface area (Å²) in [5.74, 6) is 2.26. The number of carbonyl (C=O) groups excluding carboxylic acids is 1. The molecule has 2 aromatic rings. The summed E-state index contributed by atoms with van der Waals surface area (Å²) in [5.41, 5.74) is 1.03. The predicted octanol–water partition coefficient (Wildman–Crippen LogP) is 3.69. The second-order valence-electron chi connectivity index (χ2n) is 6.09. The highest BCUT2D eigenvalue weighted by Crippen LogP contribution is 2.44. The number of thiazole rings is 1. The minimum absolute atomic E-state index is 0.164. The summed E-state index contributed by atoms with van der Waals surface area (Å²) < 4.78 is 2.17. The maximum atomic E-state index is 12.1. The van der Waals surface area contributed by atoms with E-state index in [4.69, 9.17) is 0 Å². The topological polar surface area (TPSA) is 42.0 Å². The molecule has 0 radical (unpaired) electrons. The number of thioether (sulfide) groups is 1. The van der Waals surface area contributed by atoms with E-state index in [2.05, 4.69) is 16.4 Å². The Kier molecular flexibility index (Phi) is 3.63. The van der Waals surface area contributed by atoms with Gasteiger partial charge in [0.25, 0.3) is 0 Å². The normalized spacial score (nSPS) is 27.3. The van der Waals surface area contributed by atoms with E-state index in [0.29, 0.717) is 11.8 Å². The van der Waals surface area contributed by atoms with Gasteiger partial charge >= 0.3 is 0 Å². The largest absolute Gasteiger partial charge is 0.352 e. The number of hydrogen-bond acceptors (Lipinski definition) is 4. The molecule has 1 heterocycles. The molecule has 110 valence electrons. The average molecular weight is 318 g/mol. The molecule has 1 N–H and O–H groups in total. The van der Waals surface area contributed by atoms with Gasteiger partial charge in [0.2, 0.25) is 5.91 Å². The lowest BCUT2D eigenvalue weighted by atomic mass is 9.95. The fourth-order valence-corrected chi connectivity index (χ4v) is 5.59. The van der Waals surface area contributed by atoms with E-state index in [9.17, 15) is 4.79 Å². The molecule has 0 saturated heterocycles. The van der Waals surface area contributed by atoms with Crippen molar-refractivity contribution in [2.75, 3.05) is 5.75 Å². The molecule has 3 nitrogen and oxygen atoms in total. The zero-order valence-electron chi connectivity index (χ0n) is 11.7. The highest BCUT2D eigenvalue weighted by molar-refractivity contribution is 8.01. The number of aromatic nitrogens is 1. The van der Waals surface area contributed by atoms with Crippen LogP contribution in [0.15, 0.2) is 28.6 Å². The Morgan fingerprint density at radius 2 is 2.24 bits per heavy atom. The lowest BCUT2D eigenvalue weighted by molar-refractivity contribution is -0.119. The number of amides is 1. The third-order valence-electron chi connectivity index (χ3n) is 4.69. The first-order valence-electron chi connectivity index (χ1n) is 7.55. The molecule has 3 atom stereocenters. The standard InChI is InChI=1S/C16H18N2OS2/c19-15(17-13-8-10-5-6-11(13)7-10)9-20-16-18-12-3-1-2-4-14(12)21-16/h1-4,10-11,13H,5-9H2,(H,17,19)/t10-,11-,13+/m0/s1. The maximum Gasteiger partial charge on any atom is 0.230 e. The molecule has 0 spiro atoms. The summed E-state index contributed by atoms with van der Waals surface area (Å²) >= 11 is 3.22. The van der Waals surface area contributed by atoms with Crippen molar-refractivity contribution in [2.45, 2.75) is 36.1 Å². The van der Waals surface area contributed by atoms with E-state index >= 15 is 0 Å². The minimum atomic E-state index is 0.164. The van der Waals surface area contributed by atoms with Crippen LogP contribution < -0.4 is 5.32 Å². The fourth-order valence-electron chi connectivity index (χ4n) is 3.71. The monoisotopic (exact) mass is 318 g/mol. The van der Waals surface area contributed by atoms with Gasteiger partial charge < -0.3 is 5.32 Å². The van der Waals surface area contributed by atoms with Gasteiger partial charge in [-0.1, -0.05) is 30.3 Å². The van der Waals surface area contributed by atoms with E-state index in [1.165, 1.54) is 30.4 Å². The zero-order valence-corrected chi connectivity index (χ0v) is 13.4. The molecule has 5 heteroatoms. The molecule has 2 aliphatic rings. The number of nitrogens with zero attached hydrogens (tertiary/aromatic N) is 1. The summed E-state index contributed by atoms with van der Waals surface area (Å²) in [4.78, 5) is 16.7. The Morgan fingerprint density at radius 3 is 3.00 bits per heavy atom. The summed E-state index contributed by atoms with van der Waals surface area (Å²) in [7, 11) is 0. The van der Waals surface area contributed by atoms with E-state index in [1.54, 1.807) is 23.1 Å². The van der Waals surface area contributed by atoms with Crippen molar-refractivity contribution < 1.29 is 4.79 Å². The zero-order chi connectivity index (χ0) is 14.2. The summed E-state index contributed by atoms with van der Waals surface area (Å²) in [6.45, 7) is 0. The Morgan fingerprint density at radius 1 is 1.33 bits per heavy atom. The summed E-state index contributed by atoms with van der Waals surface area (Å²) in [6, 6.07) is 8.56. The molecule has 2 fully saturated rings. The molecule has 1 aromatic carbocycles. The smallest absolute Gasteiger partial charge is 0.230 e. The van der Waals surface area contributed by atoms with Crippen LogP contribution in [-0.2, 0) is 4.79 Å². The predicted molar refractivity (Wildman–Crippen MR) is 87.7 cm³/mol. The summed E-state index contributed by atoms with van der Waals surface area (Å²) in [5, 5.41) is 3.23. The van der Waals surface area contributed by atoms with Crippen LogP contribution in [0.2, 0.25) is 0 Å². The molecule has 2 bridgehead atoms. The van der Waals surface area contributed by atoms with Crippen molar-refractivity contribution in [3.8, 4) is 0 Å². The highest BCUT2D eigenvalue weighted by Gasteiger charge is 2.39. The third-order valence-corrected chi connectivity index (χ3v) is 6.86. The molecular formula is C16H18N2OS2. The number of benzene rings is 1. The van der Waals surface area contributed by atoms with Gasteiger partial charge in [0.15, 0.2) is 4.34 Å². The van der Waals surface area contributed by atoms with Crippen LogP contribution in [0, 0.1) is 11.8 Å². The van der Waals surface area contributed by atoms with Gasteiger partial charge in [-0.15, -0.1) is 11.3 Å². The number of carbonyl (C=O) groups is 1. The van der Waals surface area contributed by atoms with E-state index < -0.39 is 0 Å². The third kappa shape index (κ3) is 2.81. The lowest BCUT2D eigenvalue weighted by Crippen LogP contribution is -2.39. The van der Waals surface area contributed by atoms with Gasteiger partial charge in [-0.3, -0.25) is 4.79 Å². The molecule has 21 heavy (non-hydrogen) atoms. The van der Waals surface area contributed by atoms with Gasteiger partial charge in [-0.2, -0.15) is 0 Å². The minimum Gasteiger partial charge on any atom is -0.352 e. The first-order valence-corrected chi connectivity index (χ1v) is 9.36. The van der Waals surface area contributed by atoms with Crippen molar-refractivity contribution >= 4 is 39.2 Å². The molecule has 0 unspecified atom stereocenters. The molecular weight excluding hydrogens is 300 g/mol. The molecule has 4 rings (SSSR count). The molecule has 1 amide bonds. The van der Waals surface area contributed by atoms with Crippen LogP contribution >= 0.6 is 23.1 Å². The van der Waals surface area contributed by atoms with Crippen LogP contribution in [0.3, 0.4) is 0 Å². The lowest BCUT2D eigenvalue weighted by Gasteiger charge is -2.22. The highest BCUT2D eigenvalue weighted by atomic mass is 32.2. The fraction of sp³-hybridized carbons (Fsp3) is 0.500. The van der Waals surface area contributed by atoms with Crippen LogP contribution in [0.1, 0.15) is 25.7 Å². The van der Waals surface area contributed by atoms with Crippen LogP contribution in [0.5, 0.6) is 0 Å². The number of fused-ring (bicyclic) bond motifs is 3. The number of para-hydroxylation sites is 1. The average Bonchev–Trinajstić information content (AvgIpc) is 3.19.